The summed E-state index contributed by atoms with van der Waals surface area (Å²) in [6.07, 6.45) is 2.24. The highest BCUT2D eigenvalue weighted by atomic mass is 32.2. The van der Waals surface area contributed by atoms with E-state index in [0.29, 0.717) is 12.8 Å². The first kappa shape index (κ1) is 12.4. The molecule has 0 aromatic rings. The molecule has 5 nitrogen and oxygen atoms in total. The van der Waals surface area contributed by atoms with Crippen molar-refractivity contribution in [3.05, 3.63) is 0 Å². The van der Waals surface area contributed by atoms with Gasteiger partial charge in [-0.2, -0.15) is 0 Å². The lowest BCUT2D eigenvalue weighted by atomic mass is 10.3. The Bertz CT molecular complexity index is 322. The summed E-state index contributed by atoms with van der Waals surface area (Å²) in [5, 5.41) is 2.59. The minimum Gasteiger partial charge on any atom is -0.306 e. The van der Waals surface area contributed by atoms with E-state index in [-0.39, 0.29) is 17.8 Å². The lowest BCUT2D eigenvalue weighted by Gasteiger charge is -2.11. The number of sulfonamides is 1. The van der Waals surface area contributed by atoms with E-state index in [1.165, 1.54) is 0 Å². The van der Waals surface area contributed by atoms with Gasteiger partial charge >= 0.3 is 0 Å². The summed E-state index contributed by atoms with van der Waals surface area (Å²) in [4.78, 5) is 11.3. The van der Waals surface area contributed by atoms with Crippen LogP contribution >= 0.6 is 0 Å². The molecule has 88 valence electrons. The zero-order chi connectivity index (χ0) is 11.5. The lowest BCUT2D eigenvalue weighted by molar-refractivity contribution is -0.118. The van der Waals surface area contributed by atoms with Gasteiger partial charge in [-0.1, -0.05) is 6.92 Å². The molecule has 2 N–H and O–H groups in total. The monoisotopic (exact) mass is 234 g/mol. The fourth-order valence-corrected chi connectivity index (χ4v) is 2.38. The molecule has 1 atom stereocenters. The minimum absolute atomic E-state index is 0.0565. The van der Waals surface area contributed by atoms with Gasteiger partial charge < -0.3 is 5.32 Å². The molecule has 0 heterocycles. The van der Waals surface area contributed by atoms with Crippen LogP contribution in [-0.2, 0) is 14.8 Å². The van der Waals surface area contributed by atoms with Crippen LogP contribution in [0.5, 0.6) is 0 Å². The largest absolute Gasteiger partial charge is 0.306 e. The smallest absolute Gasteiger partial charge is 0.247 e. The molecular weight excluding hydrogens is 216 g/mol. The molecule has 15 heavy (non-hydrogen) atoms. The average molecular weight is 234 g/mol. The number of rotatable bonds is 6. The van der Waals surface area contributed by atoms with Crippen molar-refractivity contribution in [3.63, 3.8) is 0 Å². The summed E-state index contributed by atoms with van der Waals surface area (Å²) in [7, 11) is -3.38. The number of hydrogen-bond acceptors (Lipinski definition) is 4. The maximum Gasteiger partial charge on any atom is 0.247 e. The highest BCUT2D eigenvalue weighted by molar-refractivity contribution is 7.90. The summed E-state index contributed by atoms with van der Waals surface area (Å²) in [5.74, 6) is -0.470. The van der Waals surface area contributed by atoms with Crippen LogP contribution in [-0.4, -0.2) is 32.2 Å². The predicted octanol–water partition coefficient (Wildman–Crippen LogP) is -0.0171. The van der Waals surface area contributed by atoms with Gasteiger partial charge in [0.25, 0.3) is 0 Å². The molecule has 6 heteroatoms. The molecule has 0 aliphatic heterocycles. The predicted molar refractivity (Wildman–Crippen MR) is 57.8 cm³/mol. The maximum atomic E-state index is 11.4. The van der Waals surface area contributed by atoms with E-state index in [0.717, 1.165) is 6.42 Å². The quantitative estimate of drug-likeness (QED) is 0.677. The Hall–Kier alpha value is -0.620. The molecule has 0 aromatic heterocycles. The van der Waals surface area contributed by atoms with Crippen LogP contribution in [0, 0.1) is 0 Å². The molecule has 1 amide bonds. The zero-order valence-electron chi connectivity index (χ0n) is 9.12. The van der Waals surface area contributed by atoms with Crippen LogP contribution in [0.3, 0.4) is 0 Å². The molecule has 1 aliphatic rings. The van der Waals surface area contributed by atoms with Gasteiger partial charge in [0, 0.05) is 6.04 Å². The molecule has 0 bridgehead atoms. The molecule has 1 aliphatic carbocycles. The van der Waals surface area contributed by atoms with Crippen LogP contribution in [0.4, 0.5) is 0 Å². The topological polar surface area (TPSA) is 75.3 Å². The number of carbonyl (C=O) groups is 1. The zero-order valence-corrected chi connectivity index (χ0v) is 9.93. The summed E-state index contributed by atoms with van der Waals surface area (Å²) in [5.41, 5.74) is 0. The minimum atomic E-state index is -3.38. The van der Waals surface area contributed by atoms with Crippen molar-refractivity contribution in [3.8, 4) is 0 Å². The molecule has 1 saturated carbocycles. The third-order valence-electron chi connectivity index (χ3n) is 2.44. The first-order valence-corrected chi connectivity index (χ1v) is 6.78. The lowest BCUT2D eigenvalue weighted by Crippen LogP contribution is -2.41. The number of carbonyl (C=O) groups excluding carboxylic acids is 1. The number of hydrogen-bond donors (Lipinski definition) is 2. The Balaban J connectivity index is 2.29. The molecule has 0 saturated heterocycles. The van der Waals surface area contributed by atoms with Crippen molar-refractivity contribution in [1.29, 1.82) is 0 Å². The van der Waals surface area contributed by atoms with Gasteiger partial charge in [0.2, 0.25) is 15.9 Å². The fourth-order valence-electron chi connectivity index (χ4n) is 1.07. The van der Waals surface area contributed by atoms with E-state index >= 15 is 0 Å². The van der Waals surface area contributed by atoms with Gasteiger partial charge in [0.05, 0.1) is 11.8 Å². The summed E-state index contributed by atoms with van der Waals surface area (Å²) >= 11 is 0. The Morgan fingerprint density at radius 1 is 1.47 bits per heavy atom. The maximum absolute atomic E-state index is 11.4. The first-order chi connectivity index (χ1) is 6.95. The van der Waals surface area contributed by atoms with Crippen molar-refractivity contribution in [2.75, 3.05) is 6.54 Å². The average Bonchev–Trinajstić information content (AvgIpc) is 2.96. The van der Waals surface area contributed by atoms with Crippen LogP contribution in [0.1, 0.15) is 33.1 Å². The van der Waals surface area contributed by atoms with E-state index in [1.807, 2.05) is 13.8 Å². The molecule has 0 spiro atoms. The Kier molecular flexibility index (Phi) is 4.10. The van der Waals surface area contributed by atoms with E-state index in [1.54, 1.807) is 0 Å². The van der Waals surface area contributed by atoms with E-state index in [4.69, 9.17) is 0 Å². The number of amides is 1. The Labute approximate surface area is 90.7 Å². The van der Waals surface area contributed by atoms with Crippen LogP contribution < -0.4 is 10.0 Å². The highest BCUT2D eigenvalue weighted by Gasteiger charge is 2.36. The van der Waals surface area contributed by atoms with Crippen LogP contribution in [0.15, 0.2) is 0 Å². The fraction of sp³-hybridized carbons (Fsp3) is 0.889. The number of nitrogens with one attached hydrogen (secondary N) is 2. The van der Waals surface area contributed by atoms with Gasteiger partial charge in [0.1, 0.15) is 0 Å². The summed E-state index contributed by atoms with van der Waals surface area (Å²) in [6.45, 7) is 4.00. The Morgan fingerprint density at radius 3 is 2.53 bits per heavy atom. The van der Waals surface area contributed by atoms with Gasteiger partial charge in [-0.15, -0.1) is 0 Å². The Morgan fingerprint density at radius 2 is 2.07 bits per heavy atom. The van der Waals surface area contributed by atoms with Crippen molar-refractivity contribution in [2.45, 2.75) is 44.4 Å². The summed E-state index contributed by atoms with van der Waals surface area (Å²) < 4.78 is 24.8. The SMILES string of the molecule is CCC(C)NCC(=O)NS(=O)(=O)C1CC1. The van der Waals surface area contributed by atoms with Crippen molar-refractivity contribution in [1.82, 2.24) is 10.0 Å². The third-order valence-corrected chi connectivity index (χ3v) is 4.30. The molecule has 1 fully saturated rings. The molecule has 0 radical (unpaired) electrons. The third kappa shape index (κ3) is 4.17. The van der Waals surface area contributed by atoms with Gasteiger partial charge in [-0.05, 0) is 26.2 Å². The van der Waals surface area contributed by atoms with Gasteiger partial charge in [0.15, 0.2) is 0 Å². The van der Waals surface area contributed by atoms with E-state index in [9.17, 15) is 13.2 Å². The first-order valence-electron chi connectivity index (χ1n) is 5.23. The molecular formula is C9H18N2O3S. The second-order valence-electron chi connectivity index (χ2n) is 3.96. The highest BCUT2D eigenvalue weighted by Crippen LogP contribution is 2.27. The molecule has 1 unspecified atom stereocenters. The van der Waals surface area contributed by atoms with Crippen molar-refractivity contribution < 1.29 is 13.2 Å². The molecule has 0 aromatic carbocycles. The van der Waals surface area contributed by atoms with Crippen molar-refractivity contribution in [2.24, 2.45) is 0 Å². The van der Waals surface area contributed by atoms with E-state index < -0.39 is 15.9 Å². The van der Waals surface area contributed by atoms with Crippen LogP contribution in [0.25, 0.3) is 0 Å². The standard InChI is InChI=1S/C9H18N2O3S/c1-3-7(2)10-6-9(12)11-15(13,14)8-4-5-8/h7-8,10H,3-6H2,1-2H3,(H,11,12). The van der Waals surface area contributed by atoms with Crippen LogP contribution in [0.2, 0.25) is 0 Å². The van der Waals surface area contributed by atoms with E-state index in [2.05, 4.69) is 10.0 Å². The van der Waals surface area contributed by atoms with Gasteiger partial charge in [-0.3, -0.25) is 9.52 Å². The second kappa shape index (κ2) is 4.94. The summed E-state index contributed by atoms with van der Waals surface area (Å²) in [6, 6.07) is 0.222. The second-order valence-corrected chi connectivity index (χ2v) is 5.92. The molecule has 1 rings (SSSR count). The normalized spacial score (nSPS) is 18.5. The van der Waals surface area contributed by atoms with Gasteiger partial charge in [-0.25, -0.2) is 8.42 Å². The van der Waals surface area contributed by atoms with Crippen molar-refractivity contribution >= 4 is 15.9 Å².